The molecule has 6 nitrogen and oxygen atoms in total. The molecular weight excluding hydrogens is 294 g/mol. The van der Waals surface area contributed by atoms with Gasteiger partial charge in [0.05, 0.1) is 20.3 Å². The molecule has 1 fully saturated rings. The standard InChI is InChI=1S/C17H27N3O3/c1-13(20-10-8-18-9-11-20)17(21)19-7-6-14-4-5-15(22-2)16(12-14)23-3/h4-5,12-13,18H,6-11H2,1-3H3,(H,19,21). The molecule has 0 aliphatic carbocycles. The van der Waals surface area contributed by atoms with Crippen molar-refractivity contribution >= 4 is 5.91 Å². The molecule has 1 unspecified atom stereocenters. The van der Waals surface area contributed by atoms with Crippen LogP contribution in [0.3, 0.4) is 0 Å². The Morgan fingerprint density at radius 1 is 1.26 bits per heavy atom. The summed E-state index contributed by atoms with van der Waals surface area (Å²) in [6.45, 7) is 6.32. The second-order valence-corrected chi connectivity index (χ2v) is 5.69. The van der Waals surface area contributed by atoms with Crippen molar-refractivity contribution in [2.45, 2.75) is 19.4 Å². The number of carbonyl (C=O) groups excluding carboxylic acids is 1. The molecule has 0 radical (unpaired) electrons. The molecule has 0 aromatic heterocycles. The first kappa shape index (κ1) is 17.6. The quantitative estimate of drug-likeness (QED) is 0.772. The predicted octanol–water partition coefficient (Wildman–Crippen LogP) is 0.656. The lowest BCUT2D eigenvalue weighted by atomic mass is 10.1. The van der Waals surface area contributed by atoms with Crippen molar-refractivity contribution in [3.05, 3.63) is 23.8 Å². The Labute approximate surface area is 138 Å². The van der Waals surface area contributed by atoms with Crippen LogP contribution in [0, 0.1) is 0 Å². The van der Waals surface area contributed by atoms with E-state index in [2.05, 4.69) is 15.5 Å². The summed E-state index contributed by atoms with van der Waals surface area (Å²) >= 11 is 0. The van der Waals surface area contributed by atoms with Crippen LogP contribution in [0.2, 0.25) is 0 Å². The van der Waals surface area contributed by atoms with Gasteiger partial charge in [0.1, 0.15) is 0 Å². The highest BCUT2D eigenvalue weighted by molar-refractivity contribution is 5.81. The SMILES string of the molecule is COc1ccc(CCNC(=O)C(C)N2CCNCC2)cc1OC. The molecule has 1 aliphatic rings. The van der Waals surface area contributed by atoms with E-state index in [9.17, 15) is 4.79 Å². The molecule has 1 atom stereocenters. The summed E-state index contributed by atoms with van der Waals surface area (Å²) in [6.07, 6.45) is 0.764. The van der Waals surface area contributed by atoms with Crippen molar-refractivity contribution in [1.29, 1.82) is 0 Å². The minimum atomic E-state index is -0.0810. The highest BCUT2D eigenvalue weighted by Crippen LogP contribution is 2.27. The molecule has 1 aromatic carbocycles. The maximum atomic E-state index is 12.2. The molecule has 1 aliphatic heterocycles. The summed E-state index contributed by atoms with van der Waals surface area (Å²) < 4.78 is 10.5. The van der Waals surface area contributed by atoms with Gasteiger partial charge in [-0.2, -0.15) is 0 Å². The number of hydrogen-bond acceptors (Lipinski definition) is 5. The monoisotopic (exact) mass is 321 g/mol. The zero-order valence-corrected chi connectivity index (χ0v) is 14.2. The molecule has 128 valence electrons. The van der Waals surface area contributed by atoms with Crippen molar-refractivity contribution in [1.82, 2.24) is 15.5 Å². The topological polar surface area (TPSA) is 62.8 Å². The minimum absolute atomic E-state index is 0.0810. The maximum Gasteiger partial charge on any atom is 0.237 e. The van der Waals surface area contributed by atoms with Gasteiger partial charge in [-0.05, 0) is 31.0 Å². The lowest BCUT2D eigenvalue weighted by Crippen LogP contribution is -2.52. The largest absolute Gasteiger partial charge is 0.493 e. The molecule has 1 aromatic rings. The number of nitrogens with zero attached hydrogens (tertiary/aromatic N) is 1. The fourth-order valence-electron chi connectivity index (χ4n) is 2.75. The van der Waals surface area contributed by atoms with Crippen LogP contribution in [-0.2, 0) is 11.2 Å². The summed E-state index contributed by atoms with van der Waals surface area (Å²) in [5.41, 5.74) is 1.11. The van der Waals surface area contributed by atoms with Gasteiger partial charge in [-0.25, -0.2) is 0 Å². The number of amides is 1. The average Bonchev–Trinajstić information content (AvgIpc) is 2.61. The van der Waals surface area contributed by atoms with Crippen LogP contribution in [0.5, 0.6) is 11.5 Å². The third-order valence-corrected chi connectivity index (χ3v) is 4.24. The van der Waals surface area contributed by atoms with E-state index in [1.807, 2.05) is 25.1 Å². The smallest absolute Gasteiger partial charge is 0.237 e. The second-order valence-electron chi connectivity index (χ2n) is 5.69. The number of piperazine rings is 1. The Kier molecular flexibility index (Phi) is 6.67. The maximum absolute atomic E-state index is 12.2. The normalized spacial score (nSPS) is 16.7. The van der Waals surface area contributed by atoms with Gasteiger partial charge < -0.3 is 20.1 Å². The van der Waals surface area contributed by atoms with E-state index in [-0.39, 0.29) is 11.9 Å². The summed E-state index contributed by atoms with van der Waals surface area (Å²) in [5, 5.41) is 6.32. The molecule has 23 heavy (non-hydrogen) atoms. The molecule has 6 heteroatoms. The number of rotatable bonds is 7. The van der Waals surface area contributed by atoms with Gasteiger partial charge in [0, 0.05) is 32.7 Å². The third kappa shape index (κ3) is 4.84. The van der Waals surface area contributed by atoms with Crippen molar-refractivity contribution in [2.24, 2.45) is 0 Å². The van der Waals surface area contributed by atoms with E-state index in [1.54, 1.807) is 14.2 Å². The Morgan fingerprint density at radius 3 is 2.61 bits per heavy atom. The van der Waals surface area contributed by atoms with Gasteiger partial charge in [0.2, 0.25) is 5.91 Å². The first-order valence-corrected chi connectivity index (χ1v) is 8.09. The average molecular weight is 321 g/mol. The minimum Gasteiger partial charge on any atom is -0.493 e. The number of methoxy groups -OCH3 is 2. The van der Waals surface area contributed by atoms with Crippen LogP contribution < -0.4 is 20.1 Å². The zero-order valence-electron chi connectivity index (χ0n) is 14.2. The zero-order chi connectivity index (χ0) is 16.7. The van der Waals surface area contributed by atoms with Crippen molar-refractivity contribution in [3.63, 3.8) is 0 Å². The van der Waals surface area contributed by atoms with Crippen LogP contribution in [0.15, 0.2) is 18.2 Å². The van der Waals surface area contributed by atoms with Gasteiger partial charge in [-0.15, -0.1) is 0 Å². The van der Waals surface area contributed by atoms with Gasteiger partial charge in [0.15, 0.2) is 11.5 Å². The first-order valence-electron chi connectivity index (χ1n) is 8.09. The van der Waals surface area contributed by atoms with Crippen molar-refractivity contribution < 1.29 is 14.3 Å². The van der Waals surface area contributed by atoms with Crippen LogP contribution in [0.4, 0.5) is 0 Å². The van der Waals surface area contributed by atoms with Crippen LogP contribution >= 0.6 is 0 Å². The third-order valence-electron chi connectivity index (χ3n) is 4.24. The Balaban J connectivity index is 1.80. The van der Waals surface area contributed by atoms with Crippen molar-refractivity contribution in [3.8, 4) is 11.5 Å². The lowest BCUT2D eigenvalue weighted by Gasteiger charge is -2.31. The number of carbonyl (C=O) groups is 1. The van der Waals surface area contributed by atoms with Crippen LogP contribution in [0.25, 0.3) is 0 Å². The first-order chi connectivity index (χ1) is 11.2. The molecule has 1 saturated heterocycles. The summed E-state index contributed by atoms with van der Waals surface area (Å²) in [4.78, 5) is 14.4. The summed E-state index contributed by atoms with van der Waals surface area (Å²) in [7, 11) is 3.24. The molecule has 0 bridgehead atoms. The number of ether oxygens (including phenoxy) is 2. The Morgan fingerprint density at radius 2 is 1.96 bits per heavy atom. The fraction of sp³-hybridized carbons (Fsp3) is 0.588. The van der Waals surface area contributed by atoms with Crippen molar-refractivity contribution in [2.75, 3.05) is 46.9 Å². The van der Waals surface area contributed by atoms with Gasteiger partial charge in [-0.1, -0.05) is 6.07 Å². The van der Waals surface area contributed by atoms with E-state index in [4.69, 9.17) is 9.47 Å². The predicted molar refractivity (Wildman–Crippen MR) is 90.2 cm³/mol. The molecule has 2 rings (SSSR count). The summed E-state index contributed by atoms with van der Waals surface area (Å²) in [6, 6.07) is 5.75. The van der Waals surface area contributed by atoms with E-state index < -0.39 is 0 Å². The number of benzene rings is 1. The molecular formula is C17H27N3O3. The highest BCUT2D eigenvalue weighted by Gasteiger charge is 2.22. The number of nitrogens with one attached hydrogen (secondary N) is 2. The van der Waals surface area contributed by atoms with Crippen LogP contribution in [-0.4, -0.2) is 63.8 Å². The van der Waals surface area contributed by atoms with E-state index in [1.165, 1.54) is 0 Å². The Hall–Kier alpha value is -1.79. The number of hydrogen-bond donors (Lipinski definition) is 2. The molecule has 1 heterocycles. The molecule has 2 N–H and O–H groups in total. The fourth-order valence-corrected chi connectivity index (χ4v) is 2.75. The Bertz CT molecular complexity index is 516. The van der Waals surface area contributed by atoms with Gasteiger partial charge in [-0.3, -0.25) is 9.69 Å². The second kappa shape index (κ2) is 8.74. The summed E-state index contributed by atoms with van der Waals surface area (Å²) in [5.74, 6) is 1.52. The van der Waals surface area contributed by atoms with E-state index in [0.29, 0.717) is 18.0 Å². The highest BCUT2D eigenvalue weighted by atomic mass is 16.5. The van der Waals surface area contributed by atoms with Gasteiger partial charge >= 0.3 is 0 Å². The lowest BCUT2D eigenvalue weighted by molar-refractivity contribution is -0.126. The molecule has 0 saturated carbocycles. The molecule has 1 amide bonds. The molecule has 0 spiro atoms. The van der Waals surface area contributed by atoms with Crippen LogP contribution in [0.1, 0.15) is 12.5 Å². The van der Waals surface area contributed by atoms with E-state index in [0.717, 1.165) is 38.2 Å². The van der Waals surface area contributed by atoms with Gasteiger partial charge in [0.25, 0.3) is 0 Å². The van der Waals surface area contributed by atoms with E-state index >= 15 is 0 Å².